The van der Waals surface area contributed by atoms with Crippen molar-refractivity contribution in [2.45, 2.75) is 0 Å². The zero-order valence-corrected chi connectivity index (χ0v) is 12.1. The lowest BCUT2D eigenvalue weighted by molar-refractivity contribution is 0.502. The Morgan fingerprint density at radius 3 is 2.36 bits per heavy atom. The van der Waals surface area contributed by atoms with E-state index in [1.807, 2.05) is 54.6 Å². The van der Waals surface area contributed by atoms with Gasteiger partial charge in [0.1, 0.15) is 5.76 Å². The van der Waals surface area contributed by atoms with Crippen LogP contribution in [0.2, 0.25) is 0 Å². The van der Waals surface area contributed by atoms with Crippen LogP contribution in [0, 0.1) is 5.92 Å². The molecule has 1 unspecified atom stereocenters. The van der Waals surface area contributed by atoms with Crippen LogP contribution in [-0.2, 0) is 0 Å². The zero-order chi connectivity index (χ0) is 14.9. The number of fused-ring (bicyclic) bond motifs is 2. The molecule has 0 amide bonds. The lowest BCUT2D eigenvalue weighted by Gasteiger charge is -2.29. The first-order valence-electron chi connectivity index (χ1n) is 7.49. The number of aliphatic hydroxyl groups excluding tert-OH is 1. The smallest absolute Gasteiger partial charge is 0.127 e. The quantitative estimate of drug-likeness (QED) is 0.758. The number of hydrogen-bond donors (Lipinski definition) is 1. The van der Waals surface area contributed by atoms with E-state index in [0.717, 1.165) is 16.7 Å². The minimum Gasteiger partial charge on any atom is -0.507 e. The van der Waals surface area contributed by atoms with Gasteiger partial charge in [-0.3, -0.25) is 0 Å². The Kier molecular flexibility index (Phi) is 3.05. The van der Waals surface area contributed by atoms with Crippen molar-refractivity contribution in [1.29, 1.82) is 0 Å². The predicted octanol–water partition coefficient (Wildman–Crippen LogP) is 5.25. The maximum absolute atomic E-state index is 10.6. The topological polar surface area (TPSA) is 20.2 Å². The van der Waals surface area contributed by atoms with Crippen molar-refractivity contribution in [2.75, 3.05) is 0 Å². The fraction of sp³-hybridized carbons (Fsp3) is 0.0476. The maximum Gasteiger partial charge on any atom is 0.127 e. The molecule has 22 heavy (non-hydrogen) atoms. The highest BCUT2D eigenvalue weighted by Crippen LogP contribution is 2.44. The van der Waals surface area contributed by atoms with E-state index >= 15 is 0 Å². The molecule has 2 aliphatic rings. The molecule has 0 bridgehead atoms. The summed E-state index contributed by atoms with van der Waals surface area (Å²) in [7, 11) is 0. The van der Waals surface area contributed by atoms with Gasteiger partial charge in [-0.15, -0.1) is 0 Å². The molecule has 1 N–H and O–H groups in total. The highest BCUT2D eigenvalue weighted by atomic mass is 16.3. The highest BCUT2D eigenvalue weighted by molar-refractivity contribution is 5.95. The molecule has 1 heteroatoms. The molecule has 2 aromatic carbocycles. The molecule has 0 saturated carbocycles. The lowest BCUT2D eigenvalue weighted by atomic mass is 9.76. The number of benzene rings is 2. The fourth-order valence-electron chi connectivity index (χ4n) is 3.20. The minimum atomic E-state index is 0.111. The Morgan fingerprint density at radius 1 is 0.818 bits per heavy atom. The van der Waals surface area contributed by atoms with Crippen molar-refractivity contribution < 1.29 is 5.11 Å². The molecule has 0 radical (unpaired) electrons. The second kappa shape index (κ2) is 5.19. The first-order valence-corrected chi connectivity index (χ1v) is 7.49. The zero-order valence-electron chi connectivity index (χ0n) is 12.1. The van der Waals surface area contributed by atoms with E-state index < -0.39 is 0 Å². The second-order valence-corrected chi connectivity index (χ2v) is 5.58. The van der Waals surface area contributed by atoms with Gasteiger partial charge in [-0.25, -0.2) is 0 Å². The van der Waals surface area contributed by atoms with Crippen LogP contribution in [0.3, 0.4) is 0 Å². The molecule has 1 atom stereocenters. The number of rotatable bonds is 1. The van der Waals surface area contributed by atoms with Gasteiger partial charge in [0.15, 0.2) is 0 Å². The number of aliphatic hydroxyl groups is 1. The summed E-state index contributed by atoms with van der Waals surface area (Å²) in [5.41, 5.74) is 5.41. The lowest BCUT2D eigenvalue weighted by Crippen LogP contribution is -2.14. The monoisotopic (exact) mass is 284 g/mol. The maximum atomic E-state index is 10.6. The molecular weight excluding hydrogens is 268 g/mol. The SMILES string of the molecule is OC1=C2C=CC=CC2/C(=C\c2ccccc2)c2ccccc21. The molecule has 0 saturated heterocycles. The number of hydrogen-bond acceptors (Lipinski definition) is 1. The molecule has 0 aliphatic heterocycles. The molecule has 0 fully saturated rings. The molecule has 2 aliphatic carbocycles. The molecule has 1 nitrogen and oxygen atoms in total. The van der Waals surface area contributed by atoms with Crippen molar-refractivity contribution in [3.8, 4) is 0 Å². The highest BCUT2D eigenvalue weighted by Gasteiger charge is 2.29. The second-order valence-electron chi connectivity index (χ2n) is 5.58. The van der Waals surface area contributed by atoms with Gasteiger partial charge in [0, 0.05) is 17.1 Å². The summed E-state index contributed by atoms with van der Waals surface area (Å²) >= 11 is 0. The Labute approximate surface area is 130 Å². The van der Waals surface area contributed by atoms with Crippen LogP contribution in [0.25, 0.3) is 17.4 Å². The Hall–Kier alpha value is -2.80. The van der Waals surface area contributed by atoms with Gasteiger partial charge in [-0.2, -0.15) is 0 Å². The summed E-state index contributed by atoms with van der Waals surface area (Å²) in [5, 5.41) is 10.6. The first kappa shape index (κ1) is 12.9. The summed E-state index contributed by atoms with van der Waals surface area (Å²) in [6.45, 7) is 0. The third-order valence-electron chi connectivity index (χ3n) is 4.25. The van der Waals surface area contributed by atoms with Gasteiger partial charge in [0.05, 0.1) is 0 Å². The van der Waals surface area contributed by atoms with E-state index in [9.17, 15) is 5.11 Å². The van der Waals surface area contributed by atoms with Crippen LogP contribution in [0.5, 0.6) is 0 Å². The average Bonchev–Trinajstić information content (AvgIpc) is 2.59. The van der Waals surface area contributed by atoms with E-state index in [4.69, 9.17) is 0 Å². The minimum absolute atomic E-state index is 0.111. The molecule has 4 rings (SSSR count). The first-order chi connectivity index (χ1) is 10.8. The summed E-state index contributed by atoms with van der Waals surface area (Å²) in [4.78, 5) is 0. The van der Waals surface area contributed by atoms with Gasteiger partial charge >= 0.3 is 0 Å². The third kappa shape index (κ3) is 2.03. The summed E-state index contributed by atoms with van der Waals surface area (Å²) in [6.07, 6.45) is 10.4. The molecule has 2 aromatic rings. The molecular formula is C21H16O. The molecule has 106 valence electrons. The van der Waals surface area contributed by atoms with Crippen LogP contribution in [0.4, 0.5) is 0 Å². The van der Waals surface area contributed by atoms with Crippen molar-refractivity contribution in [3.05, 3.63) is 101 Å². The Morgan fingerprint density at radius 2 is 1.55 bits per heavy atom. The fourth-order valence-corrected chi connectivity index (χ4v) is 3.20. The van der Waals surface area contributed by atoms with Gasteiger partial charge < -0.3 is 5.11 Å². The summed E-state index contributed by atoms with van der Waals surface area (Å²) in [5.74, 6) is 0.506. The van der Waals surface area contributed by atoms with Crippen LogP contribution in [0.15, 0.2) is 84.5 Å². The van der Waals surface area contributed by atoms with E-state index in [1.165, 1.54) is 11.1 Å². The largest absolute Gasteiger partial charge is 0.507 e. The van der Waals surface area contributed by atoms with Crippen LogP contribution in [-0.4, -0.2) is 5.11 Å². The summed E-state index contributed by atoms with van der Waals surface area (Å²) < 4.78 is 0. The van der Waals surface area contributed by atoms with Gasteiger partial charge in [0.2, 0.25) is 0 Å². The standard InChI is InChI=1S/C21H16O/c22-21-18-12-6-4-10-16(18)20(14-15-8-2-1-3-9-15)17-11-5-7-13-19(17)21/h1-14,16,22H/b20-14+. The van der Waals surface area contributed by atoms with Crippen LogP contribution >= 0.6 is 0 Å². The average molecular weight is 284 g/mol. The van der Waals surface area contributed by atoms with Crippen LogP contribution in [0.1, 0.15) is 16.7 Å². The van der Waals surface area contributed by atoms with E-state index in [1.54, 1.807) is 0 Å². The molecule has 0 spiro atoms. The van der Waals surface area contributed by atoms with Crippen molar-refractivity contribution in [1.82, 2.24) is 0 Å². The van der Waals surface area contributed by atoms with E-state index in [-0.39, 0.29) is 5.92 Å². The molecule has 0 aromatic heterocycles. The van der Waals surface area contributed by atoms with Crippen LogP contribution < -0.4 is 0 Å². The van der Waals surface area contributed by atoms with Crippen molar-refractivity contribution >= 4 is 17.4 Å². The molecule has 0 heterocycles. The Balaban J connectivity index is 1.96. The summed E-state index contributed by atoms with van der Waals surface area (Å²) in [6, 6.07) is 18.4. The normalized spacial score (nSPS) is 20.9. The third-order valence-corrected chi connectivity index (χ3v) is 4.25. The van der Waals surface area contributed by atoms with E-state index in [2.05, 4.69) is 30.4 Å². The number of allylic oxidation sites excluding steroid dienone is 6. The van der Waals surface area contributed by atoms with Crippen molar-refractivity contribution in [3.63, 3.8) is 0 Å². The van der Waals surface area contributed by atoms with Gasteiger partial charge in [-0.1, -0.05) is 85.0 Å². The predicted molar refractivity (Wildman–Crippen MR) is 92.1 cm³/mol. The Bertz CT molecular complexity index is 835. The van der Waals surface area contributed by atoms with Gasteiger partial charge in [-0.05, 0) is 16.7 Å². The van der Waals surface area contributed by atoms with Gasteiger partial charge in [0.25, 0.3) is 0 Å². The van der Waals surface area contributed by atoms with Crippen molar-refractivity contribution in [2.24, 2.45) is 5.92 Å². The van der Waals surface area contributed by atoms with E-state index in [0.29, 0.717) is 5.76 Å².